The van der Waals surface area contributed by atoms with Gasteiger partial charge in [-0.05, 0) is 26.0 Å². The molecule has 1 amide bonds. The topological polar surface area (TPSA) is 76.2 Å². The van der Waals surface area contributed by atoms with E-state index < -0.39 is 6.10 Å². The van der Waals surface area contributed by atoms with Crippen molar-refractivity contribution in [3.63, 3.8) is 0 Å². The van der Waals surface area contributed by atoms with Gasteiger partial charge in [-0.25, -0.2) is 0 Å². The highest BCUT2D eigenvalue weighted by Crippen LogP contribution is 2.31. The number of carbonyl (C=O) groups is 1. The van der Waals surface area contributed by atoms with Gasteiger partial charge in [0.25, 0.3) is 5.91 Å². The second kappa shape index (κ2) is 4.88. The number of aromatic nitrogens is 2. The molecule has 0 bridgehead atoms. The maximum absolute atomic E-state index is 12.2. The number of nitrogens with one attached hydrogen (secondary N) is 2. The molecule has 20 heavy (non-hydrogen) atoms. The van der Waals surface area contributed by atoms with Gasteiger partial charge in [-0.15, -0.1) is 0 Å². The van der Waals surface area contributed by atoms with Gasteiger partial charge in [0.1, 0.15) is 6.61 Å². The monoisotopic (exact) mass is 273 g/mol. The molecule has 1 aromatic heterocycles. The molecular formula is C14H15N3O3. The number of para-hydroxylation sites is 2. The Morgan fingerprint density at radius 2 is 2.10 bits per heavy atom. The molecule has 2 aromatic rings. The molecule has 1 aliphatic heterocycles. The van der Waals surface area contributed by atoms with Crippen molar-refractivity contribution < 1.29 is 14.3 Å². The minimum absolute atomic E-state index is 0.186. The standard InChI is InChI=1S/C14H15N3O3/c1-8-9(2)16-17-13(8)15-14(18)12-7-19-10-5-3-4-6-11(10)20-12/h3-6,12H,7H2,1-2H3,(H2,15,16,17,18). The lowest BCUT2D eigenvalue weighted by Gasteiger charge is -2.25. The Morgan fingerprint density at radius 3 is 2.80 bits per heavy atom. The molecule has 3 rings (SSSR count). The number of amides is 1. The third-order valence-corrected chi connectivity index (χ3v) is 3.30. The van der Waals surface area contributed by atoms with E-state index in [1.54, 1.807) is 6.07 Å². The van der Waals surface area contributed by atoms with Gasteiger partial charge in [-0.1, -0.05) is 12.1 Å². The molecule has 104 valence electrons. The highest BCUT2D eigenvalue weighted by molar-refractivity contribution is 5.94. The number of hydrogen-bond acceptors (Lipinski definition) is 4. The smallest absolute Gasteiger partial charge is 0.270 e. The van der Waals surface area contributed by atoms with Gasteiger partial charge in [0.2, 0.25) is 6.10 Å². The second-order valence-electron chi connectivity index (χ2n) is 4.68. The van der Waals surface area contributed by atoms with Crippen LogP contribution in [-0.4, -0.2) is 28.8 Å². The number of ether oxygens (including phenoxy) is 2. The van der Waals surface area contributed by atoms with Gasteiger partial charge in [-0.3, -0.25) is 9.89 Å². The van der Waals surface area contributed by atoms with Gasteiger partial charge in [0.15, 0.2) is 17.3 Å². The third-order valence-electron chi connectivity index (χ3n) is 3.30. The average molecular weight is 273 g/mol. The number of anilines is 1. The molecular weight excluding hydrogens is 258 g/mol. The Kier molecular flexibility index (Phi) is 3.06. The number of aryl methyl sites for hydroxylation is 1. The highest BCUT2D eigenvalue weighted by Gasteiger charge is 2.28. The van der Waals surface area contributed by atoms with Crippen LogP contribution in [0.15, 0.2) is 24.3 Å². The minimum Gasteiger partial charge on any atom is -0.485 e. The zero-order valence-corrected chi connectivity index (χ0v) is 11.3. The molecule has 0 saturated heterocycles. The second-order valence-corrected chi connectivity index (χ2v) is 4.68. The predicted octanol–water partition coefficient (Wildman–Crippen LogP) is 1.81. The van der Waals surface area contributed by atoms with E-state index >= 15 is 0 Å². The molecule has 6 nitrogen and oxygen atoms in total. The van der Waals surface area contributed by atoms with Crippen molar-refractivity contribution in [1.29, 1.82) is 0 Å². The molecule has 0 aliphatic carbocycles. The lowest BCUT2D eigenvalue weighted by Crippen LogP contribution is -2.40. The van der Waals surface area contributed by atoms with E-state index in [1.807, 2.05) is 32.0 Å². The van der Waals surface area contributed by atoms with Crippen molar-refractivity contribution in [3.8, 4) is 11.5 Å². The van der Waals surface area contributed by atoms with E-state index in [0.717, 1.165) is 11.3 Å². The zero-order valence-electron chi connectivity index (χ0n) is 11.3. The van der Waals surface area contributed by atoms with Crippen LogP contribution in [-0.2, 0) is 4.79 Å². The Morgan fingerprint density at radius 1 is 1.35 bits per heavy atom. The number of aromatic amines is 1. The van der Waals surface area contributed by atoms with Crippen LogP contribution in [0.3, 0.4) is 0 Å². The van der Waals surface area contributed by atoms with Crippen LogP contribution in [0, 0.1) is 13.8 Å². The summed E-state index contributed by atoms with van der Waals surface area (Å²) in [6.07, 6.45) is -0.679. The first-order valence-electron chi connectivity index (χ1n) is 6.36. The van der Waals surface area contributed by atoms with Crippen LogP contribution in [0.1, 0.15) is 11.3 Å². The van der Waals surface area contributed by atoms with Crippen molar-refractivity contribution >= 4 is 11.7 Å². The molecule has 0 saturated carbocycles. The Labute approximate surface area is 116 Å². The Hall–Kier alpha value is -2.50. The van der Waals surface area contributed by atoms with Gasteiger partial charge in [0.05, 0.1) is 0 Å². The SMILES string of the molecule is Cc1[nH]nc(NC(=O)C2COc3ccccc3O2)c1C. The van der Waals surface area contributed by atoms with E-state index in [0.29, 0.717) is 17.3 Å². The molecule has 0 spiro atoms. The highest BCUT2D eigenvalue weighted by atomic mass is 16.6. The van der Waals surface area contributed by atoms with E-state index in [2.05, 4.69) is 15.5 Å². The number of fused-ring (bicyclic) bond motifs is 1. The van der Waals surface area contributed by atoms with Crippen LogP contribution in [0.2, 0.25) is 0 Å². The van der Waals surface area contributed by atoms with Gasteiger partial charge < -0.3 is 14.8 Å². The van der Waals surface area contributed by atoms with E-state index in [4.69, 9.17) is 9.47 Å². The number of benzene rings is 1. The first-order chi connectivity index (χ1) is 9.65. The fourth-order valence-corrected chi connectivity index (χ4v) is 1.95. The molecule has 1 atom stereocenters. The third kappa shape index (κ3) is 2.20. The molecule has 1 aliphatic rings. The number of rotatable bonds is 2. The summed E-state index contributed by atoms with van der Waals surface area (Å²) in [5, 5.41) is 9.61. The minimum atomic E-state index is -0.679. The fraction of sp³-hybridized carbons (Fsp3) is 0.286. The van der Waals surface area contributed by atoms with Crippen molar-refractivity contribution in [2.24, 2.45) is 0 Å². The number of nitrogens with zero attached hydrogens (tertiary/aromatic N) is 1. The molecule has 1 aromatic carbocycles. The quantitative estimate of drug-likeness (QED) is 0.874. The van der Waals surface area contributed by atoms with E-state index in [1.165, 1.54) is 0 Å². The Balaban J connectivity index is 1.72. The largest absolute Gasteiger partial charge is 0.485 e. The fourth-order valence-electron chi connectivity index (χ4n) is 1.95. The lowest BCUT2D eigenvalue weighted by atomic mass is 10.2. The summed E-state index contributed by atoms with van der Waals surface area (Å²) in [5.74, 6) is 1.49. The van der Waals surface area contributed by atoms with E-state index in [-0.39, 0.29) is 12.5 Å². The van der Waals surface area contributed by atoms with Gasteiger partial charge in [0, 0.05) is 11.3 Å². The summed E-state index contributed by atoms with van der Waals surface area (Å²) in [5.41, 5.74) is 1.84. The molecule has 0 fully saturated rings. The number of hydrogen-bond donors (Lipinski definition) is 2. The molecule has 2 heterocycles. The maximum atomic E-state index is 12.2. The van der Waals surface area contributed by atoms with Gasteiger partial charge in [-0.2, -0.15) is 5.10 Å². The summed E-state index contributed by atoms with van der Waals surface area (Å²) < 4.78 is 11.2. The summed E-state index contributed by atoms with van der Waals surface area (Å²) in [4.78, 5) is 12.2. The summed E-state index contributed by atoms with van der Waals surface area (Å²) in [6.45, 7) is 3.97. The summed E-state index contributed by atoms with van der Waals surface area (Å²) >= 11 is 0. The normalized spacial score (nSPS) is 16.8. The first-order valence-corrected chi connectivity index (χ1v) is 6.36. The van der Waals surface area contributed by atoms with Crippen LogP contribution in [0.25, 0.3) is 0 Å². The van der Waals surface area contributed by atoms with Crippen molar-refractivity contribution in [2.45, 2.75) is 20.0 Å². The number of carbonyl (C=O) groups excluding carboxylic acids is 1. The van der Waals surface area contributed by atoms with Crippen LogP contribution in [0.5, 0.6) is 11.5 Å². The maximum Gasteiger partial charge on any atom is 0.270 e. The number of H-pyrrole nitrogens is 1. The molecule has 6 heteroatoms. The van der Waals surface area contributed by atoms with Crippen molar-refractivity contribution in [3.05, 3.63) is 35.5 Å². The van der Waals surface area contributed by atoms with E-state index in [9.17, 15) is 4.79 Å². The zero-order chi connectivity index (χ0) is 14.1. The van der Waals surface area contributed by atoms with Gasteiger partial charge >= 0.3 is 0 Å². The lowest BCUT2D eigenvalue weighted by molar-refractivity contribution is -0.125. The Bertz CT molecular complexity index is 651. The predicted molar refractivity (Wildman–Crippen MR) is 73.0 cm³/mol. The average Bonchev–Trinajstić information content (AvgIpc) is 2.78. The molecule has 2 N–H and O–H groups in total. The molecule has 1 unspecified atom stereocenters. The van der Waals surface area contributed by atoms with Crippen LogP contribution >= 0.6 is 0 Å². The molecule has 0 radical (unpaired) electrons. The summed E-state index contributed by atoms with van der Waals surface area (Å²) in [6, 6.07) is 7.28. The first kappa shape index (κ1) is 12.5. The van der Waals surface area contributed by atoms with Crippen LogP contribution < -0.4 is 14.8 Å². The van der Waals surface area contributed by atoms with Crippen molar-refractivity contribution in [1.82, 2.24) is 10.2 Å². The van der Waals surface area contributed by atoms with Crippen LogP contribution in [0.4, 0.5) is 5.82 Å². The summed E-state index contributed by atoms with van der Waals surface area (Å²) in [7, 11) is 0. The van der Waals surface area contributed by atoms with Crippen molar-refractivity contribution in [2.75, 3.05) is 11.9 Å².